The van der Waals surface area contributed by atoms with E-state index in [1.807, 2.05) is 214 Å². The maximum atomic E-state index is 12.9. The van der Waals surface area contributed by atoms with E-state index in [2.05, 4.69) is 43.2 Å². The molecule has 0 aliphatic heterocycles. The molecule has 0 spiro atoms. The molecule has 0 bridgehead atoms. The molecule has 13 rings (SSSR count). The molecule has 0 amide bonds. The fourth-order valence-electron chi connectivity index (χ4n) is 12.9. The minimum absolute atomic E-state index is 0. The van der Waals surface area contributed by atoms with Crippen LogP contribution in [0.1, 0.15) is 134 Å². The molecule has 3 heterocycles. The summed E-state index contributed by atoms with van der Waals surface area (Å²) in [5, 5.41) is 0. The number of aryl methyl sites for hydroxylation is 8. The summed E-state index contributed by atoms with van der Waals surface area (Å²) in [6.07, 6.45) is 14.0. The molecule has 13 aromatic rings. The van der Waals surface area contributed by atoms with Crippen molar-refractivity contribution in [3.63, 3.8) is 0 Å². The van der Waals surface area contributed by atoms with Gasteiger partial charge in [0.2, 0.25) is 6.33 Å². The van der Waals surface area contributed by atoms with Gasteiger partial charge in [0.25, 0.3) is 0 Å². The molecule has 0 radical (unpaired) electrons. The van der Waals surface area contributed by atoms with Crippen LogP contribution in [0, 0.1) is 90.0 Å². The molecule has 0 unspecified atom stereocenters. The van der Waals surface area contributed by atoms with Crippen LogP contribution in [0.15, 0.2) is 261 Å². The number of esters is 6. The molecule has 678 valence electrons. The average molecular weight is 1910 g/mol. The third kappa shape index (κ3) is 29.0. The van der Waals surface area contributed by atoms with Crippen molar-refractivity contribution in [2.45, 2.75) is 115 Å². The predicted molar refractivity (Wildman–Crippen MR) is 488 cm³/mol. The lowest BCUT2D eigenvalue weighted by Crippen LogP contribution is -3.00. The number of aromatic nitrogens is 4. The molecule has 0 saturated heterocycles. The molecule has 0 fully saturated rings. The molecular formula is C103H108Br2N6O18S. The van der Waals surface area contributed by atoms with E-state index >= 15 is 0 Å². The van der Waals surface area contributed by atoms with Crippen molar-refractivity contribution in [1.82, 2.24) is 4.57 Å². The van der Waals surface area contributed by atoms with E-state index in [0.29, 0.717) is 135 Å². The number of benzene rings is 10. The standard InChI is InChI=1S/2C33H35N2O5.C30H31N2O5.C7H8O3S.2BrH/c2*1-22-7-9-26(10-8-22)32(36)39-30-21-23(2)31(25(4)24(30)3)40-33(37)27-11-13-29(14-12-27)38-20-19-35-17-15-28(16-18-35)34(5)6;1-20-6-8-24(9-7-20)29(33)36-27-18-21(2)28(23(4)22(27)3)37-30(34)25-10-12-26(13-11-25)35-17-16-32-15-14-31(5)19-32;1-6-2-4-7(5-3-6)11(8,9)10;;/h2*7-18,21H,19-20H2,1-6H3;6-15,18-19H,16-17H2,1-5H3;2-5H,1H3,(H,8,9,10);2*1H/q3*+1;;;/p-3. The SMILES string of the molecule is Cc1ccc(C(=O)Oc2cc(C)c(OC(=O)c3ccc(OCC[n+]4ccc(N(C)C)cc4)cc3)c(C)c2C)cc1.Cc1ccc(C(=O)Oc2cc(C)c(OC(=O)c3ccc(OCC[n+]4ccc(N(C)C)cc4)cc3)c(C)c2C)cc1.Cc1ccc(C(=O)Oc2cc(C)c(OC(=O)c3ccc(OCCn4cc[n+](C)c4)cc3)c(C)c2C)cc1.Cc1ccc(S(=O)(=O)[O-])cc1.[Br-].[Br-]. The van der Waals surface area contributed by atoms with Crippen molar-refractivity contribution in [2.24, 2.45) is 7.05 Å². The maximum absolute atomic E-state index is 12.9. The first-order valence-corrected chi connectivity index (χ1v) is 42.8. The second-order valence-corrected chi connectivity index (χ2v) is 32.7. The van der Waals surface area contributed by atoms with Gasteiger partial charge in [-0.15, -0.1) is 0 Å². The number of rotatable bonds is 27. The molecular weight excluding hydrogens is 1800 g/mol. The number of hydrogen-bond acceptors (Lipinski definition) is 20. The first-order chi connectivity index (χ1) is 60.9. The van der Waals surface area contributed by atoms with Gasteiger partial charge in [0.1, 0.15) is 101 Å². The first-order valence-electron chi connectivity index (χ1n) is 41.4. The van der Waals surface area contributed by atoms with Crippen molar-refractivity contribution < 1.29 is 132 Å². The topological polar surface area (TPSA) is 266 Å². The zero-order chi connectivity index (χ0) is 92.6. The van der Waals surface area contributed by atoms with Crippen LogP contribution < -0.4 is 100 Å². The third-order valence-corrected chi connectivity index (χ3v) is 21.9. The van der Waals surface area contributed by atoms with Crippen molar-refractivity contribution >= 4 is 57.3 Å². The summed E-state index contributed by atoms with van der Waals surface area (Å²) in [4.78, 5) is 80.5. The van der Waals surface area contributed by atoms with Crippen LogP contribution >= 0.6 is 0 Å². The second-order valence-electron chi connectivity index (χ2n) is 31.3. The molecule has 0 N–H and O–H groups in total. The number of pyridine rings is 2. The van der Waals surface area contributed by atoms with Crippen LogP contribution in [-0.4, -0.2) is 101 Å². The summed E-state index contributed by atoms with van der Waals surface area (Å²) >= 11 is 0. The smallest absolute Gasteiger partial charge is 0.343 e. The number of imidazole rings is 1. The lowest BCUT2D eigenvalue weighted by Gasteiger charge is -2.16. The molecule has 24 nitrogen and oxygen atoms in total. The van der Waals surface area contributed by atoms with Gasteiger partial charge in [0, 0.05) is 63.8 Å². The molecule has 0 aliphatic rings. The van der Waals surface area contributed by atoms with Gasteiger partial charge in [0.05, 0.1) is 45.3 Å². The number of anilines is 2. The fraction of sp³-hybridized carbons (Fsp3) is 0.233. The normalized spacial score (nSPS) is 10.6. The summed E-state index contributed by atoms with van der Waals surface area (Å²) < 4.78 is 91.1. The number of halogens is 2. The van der Waals surface area contributed by atoms with Gasteiger partial charge in [-0.05, 0) is 280 Å². The van der Waals surface area contributed by atoms with Gasteiger partial charge < -0.3 is 90.9 Å². The lowest BCUT2D eigenvalue weighted by molar-refractivity contribution is -0.697. The summed E-state index contributed by atoms with van der Waals surface area (Å²) in [5.74, 6) is 1.98. The van der Waals surface area contributed by atoms with E-state index in [4.69, 9.17) is 42.6 Å². The van der Waals surface area contributed by atoms with Gasteiger partial charge in [-0.3, -0.25) is 0 Å². The zero-order valence-corrected chi connectivity index (χ0v) is 80.2. The number of hydrogen-bond donors (Lipinski definition) is 0. The minimum Gasteiger partial charge on any atom is -1.00 e. The Morgan fingerprint density at radius 2 is 0.592 bits per heavy atom. The minimum atomic E-state index is -4.27. The van der Waals surface area contributed by atoms with Crippen LogP contribution in [0.2, 0.25) is 0 Å². The van der Waals surface area contributed by atoms with E-state index in [1.54, 1.807) is 140 Å². The Labute approximate surface area is 781 Å². The van der Waals surface area contributed by atoms with Gasteiger partial charge >= 0.3 is 35.8 Å². The Kier molecular flexibility index (Phi) is 37.2. The summed E-state index contributed by atoms with van der Waals surface area (Å²) in [5.41, 5.74) is 15.5. The van der Waals surface area contributed by atoms with Gasteiger partial charge in [-0.2, -0.15) is 0 Å². The highest BCUT2D eigenvalue weighted by atomic mass is 79.9. The predicted octanol–water partition coefficient (Wildman–Crippen LogP) is 11.6. The van der Waals surface area contributed by atoms with Gasteiger partial charge in [-0.1, -0.05) is 70.8 Å². The van der Waals surface area contributed by atoms with E-state index in [1.165, 1.54) is 12.1 Å². The largest absolute Gasteiger partial charge is 1.00 e. The Hall–Kier alpha value is -13.6. The van der Waals surface area contributed by atoms with Crippen LogP contribution in [-0.2, 0) is 36.8 Å². The number of carbonyl (C=O) groups is 6. The first kappa shape index (κ1) is 102. The summed E-state index contributed by atoms with van der Waals surface area (Å²) in [6.45, 7) is 27.8. The Balaban J connectivity index is 0.000000225. The zero-order valence-electron chi connectivity index (χ0n) is 76.2. The van der Waals surface area contributed by atoms with Gasteiger partial charge in [0.15, 0.2) is 37.9 Å². The lowest BCUT2D eigenvalue weighted by atomic mass is 10.0. The highest BCUT2D eigenvalue weighted by Crippen LogP contribution is 2.38. The molecule has 0 atom stereocenters. The summed E-state index contributed by atoms with van der Waals surface area (Å²) in [7, 11) is 5.73. The van der Waals surface area contributed by atoms with E-state index in [-0.39, 0.29) is 38.9 Å². The Morgan fingerprint density at radius 1 is 0.338 bits per heavy atom. The van der Waals surface area contributed by atoms with Crippen molar-refractivity contribution in [3.8, 4) is 51.7 Å². The highest BCUT2D eigenvalue weighted by molar-refractivity contribution is 7.85. The maximum Gasteiger partial charge on any atom is 0.343 e. The van der Waals surface area contributed by atoms with Crippen LogP contribution in [0.25, 0.3) is 0 Å². The molecule has 0 aliphatic carbocycles. The Morgan fingerprint density at radius 3 is 0.846 bits per heavy atom. The highest BCUT2D eigenvalue weighted by Gasteiger charge is 2.25. The van der Waals surface area contributed by atoms with Crippen LogP contribution in [0.3, 0.4) is 0 Å². The third-order valence-electron chi connectivity index (χ3n) is 21.0. The van der Waals surface area contributed by atoms with Gasteiger partial charge in [-0.25, -0.2) is 55.5 Å². The van der Waals surface area contributed by atoms with Crippen molar-refractivity contribution in [1.29, 1.82) is 0 Å². The van der Waals surface area contributed by atoms with E-state index in [0.717, 1.165) is 73.6 Å². The number of nitrogens with zero attached hydrogens (tertiary/aromatic N) is 6. The molecule has 10 aromatic carbocycles. The van der Waals surface area contributed by atoms with E-state index in [9.17, 15) is 41.7 Å². The average Bonchev–Trinajstić information content (AvgIpc) is 0.810. The van der Waals surface area contributed by atoms with Crippen molar-refractivity contribution in [3.05, 3.63) is 362 Å². The fourth-order valence-corrected chi connectivity index (χ4v) is 13.3. The van der Waals surface area contributed by atoms with Crippen LogP contribution in [0.5, 0.6) is 51.7 Å². The monoisotopic (exact) mass is 1910 g/mol. The molecule has 27 heteroatoms. The molecule has 130 heavy (non-hydrogen) atoms. The van der Waals surface area contributed by atoms with Crippen LogP contribution in [0.4, 0.5) is 11.4 Å². The Bertz CT molecular complexity index is 5960. The molecule has 3 aromatic heterocycles. The quantitative estimate of drug-likeness (QED) is 0.0200. The second kappa shape index (κ2) is 47.5. The van der Waals surface area contributed by atoms with Crippen molar-refractivity contribution in [2.75, 3.05) is 57.8 Å². The number of ether oxygens (including phenoxy) is 9. The summed E-state index contributed by atoms with van der Waals surface area (Å²) in [6, 6.07) is 61.4. The van der Waals surface area contributed by atoms with E-state index < -0.39 is 45.9 Å². The number of carbonyl (C=O) groups excluding carboxylic acids is 6. The molecule has 0 saturated carbocycles.